The molecular formula is C24H19Cl2N5O4. The van der Waals surface area contributed by atoms with Crippen molar-refractivity contribution in [3.8, 4) is 23.8 Å². The number of aromatic nitrogens is 2. The number of hydrogen-bond acceptors (Lipinski definition) is 6. The number of benzene rings is 2. The van der Waals surface area contributed by atoms with Gasteiger partial charge in [-0.1, -0.05) is 23.2 Å². The molecule has 0 bridgehead atoms. The minimum atomic E-state index is -0.455. The second-order valence-corrected chi connectivity index (χ2v) is 8.81. The third-order valence-corrected chi connectivity index (χ3v) is 6.73. The van der Waals surface area contributed by atoms with Gasteiger partial charge in [-0.2, -0.15) is 0 Å². The number of terminal acetylenes is 1. The van der Waals surface area contributed by atoms with Gasteiger partial charge in [-0.3, -0.25) is 4.79 Å². The zero-order valence-electron chi connectivity index (χ0n) is 18.5. The number of rotatable bonds is 4. The van der Waals surface area contributed by atoms with Gasteiger partial charge in [0.05, 0.1) is 33.7 Å². The van der Waals surface area contributed by atoms with Gasteiger partial charge in [-0.05, 0) is 24.1 Å². The molecule has 3 amide bonds. The van der Waals surface area contributed by atoms with E-state index >= 15 is 0 Å². The Kier molecular flexibility index (Phi) is 6.01. The lowest BCUT2D eigenvalue weighted by Gasteiger charge is -2.33. The van der Waals surface area contributed by atoms with E-state index in [4.69, 9.17) is 39.1 Å². The molecule has 1 aromatic heterocycles. The van der Waals surface area contributed by atoms with Crippen molar-refractivity contribution in [1.29, 1.82) is 0 Å². The van der Waals surface area contributed by atoms with E-state index in [-0.39, 0.29) is 12.0 Å². The van der Waals surface area contributed by atoms with Gasteiger partial charge in [0.15, 0.2) is 17.3 Å². The molecule has 0 spiro atoms. The number of halogens is 2. The van der Waals surface area contributed by atoms with E-state index in [1.807, 2.05) is 0 Å². The molecule has 1 saturated heterocycles. The molecular weight excluding hydrogens is 493 g/mol. The van der Waals surface area contributed by atoms with Gasteiger partial charge in [0.2, 0.25) is 0 Å². The van der Waals surface area contributed by atoms with Crippen molar-refractivity contribution >= 4 is 63.2 Å². The first-order valence-corrected chi connectivity index (χ1v) is 11.5. The molecule has 35 heavy (non-hydrogen) atoms. The molecule has 2 aliphatic heterocycles. The van der Waals surface area contributed by atoms with Gasteiger partial charge >= 0.3 is 6.03 Å². The highest BCUT2D eigenvalue weighted by molar-refractivity contribution is 6.42. The normalized spacial score (nSPS) is 15.5. The fourth-order valence-corrected chi connectivity index (χ4v) is 4.57. The predicted molar refractivity (Wildman–Crippen MR) is 133 cm³/mol. The average molecular weight is 512 g/mol. The minimum Gasteiger partial charge on any atom is -0.493 e. The number of anilines is 3. The van der Waals surface area contributed by atoms with E-state index in [9.17, 15) is 9.59 Å². The molecule has 0 unspecified atom stereocenters. The summed E-state index contributed by atoms with van der Waals surface area (Å²) in [5, 5.41) is 4.18. The second-order valence-electron chi connectivity index (χ2n) is 7.99. The summed E-state index contributed by atoms with van der Waals surface area (Å²) in [6, 6.07) is 6.16. The van der Waals surface area contributed by atoms with Crippen LogP contribution in [0.3, 0.4) is 0 Å². The Bertz CT molecular complexity index is 1400. The van der Waals surface area contributed by atoms with E-state index in [0.29, 0.717) is 75.6 Å². The molecule has 3 heterocycles. The topological polar surface area (TPSA) is 96.9 Å². The number of urea groups is 1. The predicted octanol–water partition coefficient (Wildman–Crippen LogP) is 4.63. The molecule has 3 aromatic rings. The van der Waals surface area contributed by atoms with Gasteiger partial charge in [0, 0.05) is 32.0 Å². The molecule has 5 rings (SSSR count). The Hall–Kier alpha value is -3.74. The van der Waals surface area contributed by atoms with Crippen molar-refractivity contribution in [3.63, 3.8) is 0 Å². The molecule has 1 fully saturated rings. The molecule has 0 atom stereocenters. The zero-order chi connectivity index (χ0) is 24.7. The first-order chi connectivity index (χ1) is 16.9. The van der Waals surface area contributed by atoms with Crippen molar-refractivity contribution in [2.24, 2.45) is 0 Å². The van der Waals surface area contributed by atoms with E-state index in [2.05, 4.69) is 21.2 Å². The second kappa shape index (κ2) is 9.13. The van der Waals surface area contributed by atoms with Crippen LogP contribution in [-0.2, 0) is 4.79 Å². The maximum absolute atomic E-state index is 13.3. The highest BCUT2D eigenvalue weighted by Gasteiger charge is 2.34. The fraction of sp³-hybridized carbons (Fsp3) is 0.250. The van der Waals surface area contributed by atoms with Crippen LogP contribution in [0.25, 0.3) is 10.9 Å². The lowest BCUT2D eigenvalue weighted by molar-refractivity contribution is -0.126. The van der Waals surface area contributed by atoms with E-state index in [0.717, 1.165) is 0 Å². The molecule has 0 radical (unpaired) electrons. The van der Waals surface area contributed by atoms with Crippen molar-refractivity contribution in [2.45, 2.75) is 18.9 Å². The van der Waals surface area contributed by atoms with E-state index in [1.165, 1.54) is 18.3 Å². The smallest absolute Gasteiger partial charge is 0.332 e. The number of hydrogen-bond donors (Lipinski definition) is 1. The van der Waals surface area contributed by atoms with Crippen LogP contribution in [0, 0.1) is 12.3 Å². The maximum Gasteiger partial charge on any atom is 0.332 e. The number of nitrogens with zero attached hydrogens (tertiary/aromatic N) is 4. The molecule has 2 aliphatic rings. The monoisotopic (exact) mass is 511 g/mol. The maximum atomic E-state index is 13.3. The summed E-state index contributed by atoms with van der Waals surface area (Å²) in [5.41, 5.74) is 1.47. The van der Waals surface area contributed by atoms with Crippen LogP contribution < -0.4 is 19.7 Å². The van der Waals surface area contributed by atoms with E-state index in [1.54, 1.807) is 29.2 Å². The van der Waals surface area contributed by atoms with Crippen molar-refractivity contribution in [1.82, 2.24) is 14.9 Å². The Morgan fingerprint density at radius 3 is 2.66 bits per heavy atom. The quantitative estimate of drug-likeness (QED) is 0.512. The summed E-state index contributed by atoms with van der Waals surface area (Å²) in [4.78, 5) is 36.9. The van der Waals surface area contributed by atoms with Gasteiger partial charge in [-0.15, -0.1) is 6.42 Å². The molecule has 0 aliphatic carbocycles. The van der Waals surface area contributed by atoms with Gasteiger partial charge in [0.1, 0.15) is 18.1 Å². The first kappa shape index (κ1) is 23.0. The number of ether oxygens (including phenoxy) is 2. The SMILES string of the molecule is C#CC(=O)N1CCC(Oc2c(OC)cc3ncnc4c3c2NC(=O)N4c2ccc(Cl)c(Cl)c2)CC1. The van der Waals surface area contributed by atoms with Crippen LogP contribution in [0.15, 0.2) is 30.6 Å². The largest absolute Gasteiger partial charge is 0.493 e. The van der Waals surface area contributed by atoms with E-state index < -0.39 is 6.03 Å². The van der Waals surface area contributed by atoms with Gasteiger partial charge in [-0.25, -0.2) is 19.7 Å². The lowest BCUT2D eigenvalue weighted by atomic mass is 10.1. The van der Waals surface area contributed by atoms with Crippen LogP contribution in [-0.4, -0.2) is 53.1 Å². The fourth-order valence-electron chi connectivity index (χ4n) is 4.28. The number of amides is 3. The Morgan fingerprint density at radius 2 is 1.97 bits per heavy atom. The summed E-state index contributed by atoms with van der Waals surface area (Å²) in [7, 11) is 1.52. The number of carbonyl (C=O) groups is 2. The molecule has 11 heteroatoms. The van der Waals surface area contributed by atoms with Crippen molar-refractivity contribution in [2.75, 3.05) is 30.4 Å². The minimum absolute atomic E-state index is 0.211. The van der Waals surface area contributed by atoms with Crippen LogP contribution in [0.4, 0.5) is 22.0 Å². The number of carbonyl (C=O) groups excluding carboxylic acids is 2. The summed E-state index contributed by atoms with van der Waals surface area (Å²) in [6.07, 6.45) is 7.56. The molecule has 178 valence electrons. The Morgan fingerprint density at radius 1 is 1.20 bits per heavy atom. The van der Waals surface area contributed by atoms with Crippen LogP contribution in [0.5, 0.6) is 11.5 Å². The number of likely N-dealkylation sites (tertiary alicyclic amines) is 1. The Balaban J connectivity index is 1.56. The highest BCUT2D eigenvalue weighted by Crippen LogP contribution is 2.48. The zero-order valence-corrected chi connectivity index (χ0v) is 20.1. The summed E-state index contributed by atoms with van der Waals surface area (Å²) in [6.45, 7) is 0.954. The highest BCUT2D eigenvalue weighted by atomic mass is 35.5. The first-order valence-electron chi connectivity index (χ1n) is 10.7. The number of methoxy groups -OCH3 is 1. The van der Waals surface area contributed by atoms with Crippen LogP contribution in [0.2, 0.25) is 10.0 Å². The van der Waals surface area contributed by atoms with Gasteiger partial charge < -0.3 is 19.7 Å². The van der Waals surface area contributed by atoms with Crippen molar-refractivity contribution in [3.05, 3.63) is 40.6 Å². The lowest BCUT2D eigenvalue weighted by Crippen LogP contribution is -2.41. The third kappa shape index (κ3) is 4.05. The van der Waals surface area contributed by atoms with Crippen molar-refractivity contribution < 1.29 is 19.1 Å². The summed E-state index contributed by atoms with van der Waals surface area (Å²) in [5.74, 6) is 2.97. The average Bonchev–Trinajstić information content (AvgIpc) is 2.87. The Labute approximate surface area is 210 Å². The molecule has 0 saturated carbocycles. The molecule has 1 N–H and O–H groups in total. The third-order valence-electron chi connectivity index (χ3n) is 5.99. The van der Waals surface area contributed by atoms with Gasteiger partial charge in [0.25, 0.3) is 5.91 Å². The standard InChI is InChI=1S/C24H19Cl2N5O4/c1-3-19(32)30-8-6-14(7-9-30)35-22-18(34-2)11-17-20-21(22)29-24(33)31(23(20)28-12-27-17)13-4-5-15(25)16(26)10-13/h1,4-5,10-12,14H,6-9H2,2H3,(H,29,33). The van der Waals surface area contributed by atoms with Crippen LogP contribution in [0.1, 0.15) is 12.8 Å². The summed E-state index contributed by atoms with van der Waals surface area (Å²) < 4.78 is 11.9. The summed E-state index contributed by atoms with van der Waals surface area (Å²) >= 11 is 12.3. The number of nitrogens with one attached hydrogen (secondary N) is 1. The molecule has 2 aromatic carbocycles. The van der Waals surface area contributed by atoms with Crippen LogP contribution >= 0.6 is 23.2 Å². The molecule has 9 nitrogen and oxygen atoms in total. The number of piperidine rings is 1.